The highest BCUT2D eigenvalue weighted by Gasteiger charge is 1.92. The summed E-state index contributed by atoms with van der Waals surface area (Å²) in [6.07, 6.45) is 3.56. The molecular weight excluding hydrogens is 126 g/mol. The van der Waals surface area contributed by atoms with Crippen LogP contribution in [0.25, 0.3) is 0 Å². The normalized spacial score (nSPS) is 11.7. The van der Waals surface area contributed by atoms with Crippen LogP contribution in [0.5, 0.6) is 0 Å². The van der Waals surface area contributed by atoms with Gasteiger partial charge in [-0.15, -0.1) is 0 Å². The standard InChI is InChI=1S/C6H15NO.C2H6/c1-2-3-4-5-6(7)8;1-2/h6,8H,2-5,7H2,1H3;1-2H3. The molecule has 0 aromatic carbocycles. The third-order valence-electron chi connectivity index (χ3n) is 1.10. The third-order valence-corrected chi connectivity index (χ3v) is 1.10. The van der Waals surface area contributed by atoms with Gasteiger partial charge in [-0.3, -0.25) is 0 Å². The molecule has 3 N–H and O–H groups in total. The number of aliphatic hydroxyl groups is 1. The lowest BCUT2D eigenvalue weighted by atomic mass is 10.2. The minimum absolute atomic E-state index is 0.596. The smallest absolute Gasteiger partial charge is 0.102 e. The molecule has 0 aliphatic heterocycles. The van der Waals surface area contributed by atoms with Gasteiger partial charge in [-0.2, -0.15) is 0 Å². The van der Waals surface area contributed by atoms with Gasteiger partial charge >= 0.3 is 0 Å². The van der Waals surface area contributed by atoms with E-state index in [2.05, 4.69) is 6.92 Å². The van der Waals surface area contributed by atoms with Crippen LogP contribution in [0, 0.1) is 0 Å². The molecule has 0 fully saturated rings. The molecule has 64 valence electrons. The first kappa shape index (κ1) is 12.6. The van der Waals surface area contributed by atoms with Crippen LogP contribution < -0.4 is 5.73 Å². The van der Waals surface area contributed by atoms with Crippen molar-refractivity contribution in [1.29, 1.82) is 0 Å². The Balaban J connectivity index is 0. The molecule has 0 saturated carbocycles. The van der Waals surface area contributed by atoms with E-state index in [9.17, 15) is 0 Å². The fraction of sp³-hybridized carbons (Fsp3) is 1.00. The highest BCUT2D eigenvalue weighted by atomic mass is 16.3. The Morgan fingerprint density at radius 3 is 2.10 bits per heavy atom. The molecule has 0 rings (SSSR count). The maximum atomic E-state index is 8.56. The Morgan fingerprint density at radius 1 is 1.30 bits per heavy atom. The van der Waals surface area contributed by atoms with Gasteiger partial charge in [0.05, 0.1) is 0 Å². The van der Waals surface area contributed by atoms with Crippen LogP contribution in [0.2, 0.25) is 0 Å². The van der Waals surface area contributed by atoms with Gasteiger partial charge in [-0.1, -0.05) is 33.6 Å². The van der Waals surface area contributed by atoms with Crippen LogP contribution >= 0.6 is 0 Å². The molecule has 10 heavy (non-hydrogen) atoms. The summed E-state index contributed by atoms with van der Waals surface area (Å²) in [4.78, 5) is 0. The van der Waals surface area contributed by atoms with Crippen molar-refractivity contribution in [3.05, 3.63) is 0 Å². The SMILES string of the molecule is CC.CCCCCC(N)O. The summed E-state index contributed by atoms with van der Waals surface area (Å²) in [5, 5.41) is 8.56. The molecular formula is C8H21NO. The van der Waals surface area contributed by atoms with E-state index in [1.165, 1.54) is 12.8 Å². The molecule has 0 aliphatic carbocycles. The van der Waals surface area contributed by atoms with E-state index in [-0.39, 0.29) is 0 Å². The van der Waals surface area contributed by atoms with Crippen molar-refractivity contribution < 1.29 is 5.11 Å². The number of aliphatic hydroxyl groups excluding tert-OH is 1. The zero-order valence-electron chi connectivity index (χ0n) is 7.43. The highest BCUT2D eigenvalue weighted by molar-refractivity contribution is 4.44. The van der Waals surface area contributed by atoms with Crippen molar-refractivity contribution >= 4 is 0 Å². The van der Waals surface area contributed by atoms with Crippen molar-refractivity contribution in [3.8, 4) is 0 Å². The van der Waals surface area contributed by atoms with Crippen molar-refractivity contribution in [2.45, 2.75) is 52.7 Å². The molecule has 0 radical (unpaired) electrons. The molecule has 0 aliphatic rings. The van der Waals surface area contributed by atoms with E-state index >= 15 is 0 Å². The van der Waals surface area contributed by atoms with E-state index in [1.54, 1.807) is 0 Å². The zero-order valence-corrected chi connectivity index (χ0v) is 7.43. The maximum Gasteiger partial charge on any atom is 0.102 e. The Labute approximate surface area is 64.4 Å². The lowest BCUT2D eigenvalue weighted by molar-refractivity contribution is 0.168. The molecule has 0 aromatic heterocycles. The van der Waals surface area contributed by atoms with Gasteiger partial charge < -0.3 is 10.8 Å². The molecule has 1 unspecified atom stereocenters. The van der Waals surface area contributed by atoms with Crippen LogP contribution in [0.4, 0.5) is 0 Å². The molecule has 0 heterocycles. The van der Waals surface area contributed by atoms with Gasteiger partial charge in [0.2, 0.25) is 0 Å². The van der Waals surface area contributed by atoms with E-state index in [1.807, 2.05) is 13.8 Å². The van der Waals surface area contributed by atoms with Crippen LogP contribution in [0.1, 0.15) is 46.5 Å². The fourth-order valence-electron chi connectivity index (χ4n) is 0.603. The van der Waals surface area contributed by atoms with Gasteiger partial charge in [0, 0.05) is 0 Å². The molecule has 0 saturated heterocycles. The molecule has 0 bridgehead atoms. The van der Waals surface area contributed by atoms with Crippen molar-refractivity contribution in [3.63, 3.8) is 0 Å². The van der Waals surface area contributed by atoms with E-state index in [4.69, 9.17) is 10.8 Å². The summed E-state index contributed by atoms with van der Waals surface area (Å²) < 4.78 is 0. The molecule has 1 atom stereocenters. The van der Waals surface area contributed by atoms with E-state index < -0.39 is 6.23 Å². The summed E-state index contributed by atoms with van der Waals surface area (Å²) in [5.41, 5.74) is 5.09. The second kappa shape index (κ2) is 11.7. The van der Waals surface area contributed by atoms with Gasteiger partial charge in [0.1, 0.15) is 6.23 Å². The maximum absolute atomic E-state index is 8.56. The van der Waals surface area contributed by atoms with Crippen LogP contribution in [-0.2, 0) is 0 Å². The van der Waals surface area contributed by atoms with Crippen LogP contribution in [-0.4, -0.2) is 11.3 Å². The van der Waals surface area contributed by atoms with E-state index in [0.29, 0.717) is 0 Å². The Morgan fingerprint density at radius 2 is 1.80 bits per heavy atom. The number of nitrogens with two attached hydrogens (primary N) is 1. The predicted molar refractivity (Wildman–Crippen MR) is 45.7 cm³/mol. The number of unbranched alkanes of at least 4 members (excludes halogenated alkanes) is 2. The molecule has 2 nitrogen and oxygen atoms in total. The zero-order chi connectivity index (χ0) is 8.41. The Bertz CT molecular complexity index is 46.5. The minimum Gasteiger partial charge on any atom is -0.379 e. The summed E-state index contributed by atoms with van der Waals surface area (Å²) >= 11 is 0. The van der Waals surface area contributed by atoms with E-state index in [0.717, 1.165) is 12.8 Å². The average Bonchev–Trinajstić information content (AvgIpc) is 1.92. The first-order chi connectivity index (χ1) is 4.77. The number of hydrogen-bond donors (Lipinski definition) is 2. The van der Waals surface area contributed by atoms with Gasteiger partial charge in [-0.05, 0) is 12.8 Å². The van der Waals surface area contributed by atoms with Crippen molar-refractivity contribution in [2.75, 3.05) is 0 Å². The molecule has 0 spiro atoms. The topological polar surface area (TPSA) is 46.2 Å². The minimum atomic E-state index is -0.596. The second-order valence-corrected chi connectivity index (χ2v) is 2.06. The van der Waals surface area contributed by atoms with Crippen LogP contribution in [0.15, 0.2) is 0 Å². The molecule has 2 heteroatoms. The average molecular weight is 147 g/mol. The summed E-state index contributed by atoms with van der Waals surface area (Å²) in [7, 11) is 0. The summed E-state index contributed by atoms with van der Waals surface area (Å²) in [6, 6.07) is 0. The summed E-state index contributed by atoms with van der Waals surface area (Å²) in [5.74, 6) is 0. The quantitative estimate of drug-likeness (QED) is 0.471. The lowest BCUT2D eigenvalue weighted by Crippen LogP contribution is -2.17. The first-order valence-electron chi connectivity index (χ1n) is 4.21. The van der Waals surface area contributed by atoms with Gasteiger partial charge in [-0.25, -0.2) is 0 Å². The first-order valence-corrected chi connectivity index (χ1v) is 4.21. The number of rotatable bonds is 4. The fourth-order valence-corrected chi connectivity index (χ4v) is 0.603. The van der Waals surface area contributed by atoms with Gasteiger partial charge in [0.25, 0.3) is 0 Å². The van der Waals surface area contributed by atoms with Crippen molar-refractivity contribution in [1.82, 2.24) is 0 Å². The monoisotopic (exact) mass is 147 g/mol. The Kier molecular flexibility index (Phi) is 14.7. The summed E-state index contributed by atoms with van der Waals surface area (Å²) in [6.45, 7) is 6.13. The van der Waals surface area contributed by atoms with Gasteiger partial charge in [0.15, 0.2) is 0 Å². The van der Waals surface area contributed by atoms with Crippen LogP contribution in [0.3, 0.4) is 0 Å². The second-order valence-electron chi connectivity index (χ2n) is 2.06. The lowest BCUT2D eigenvalue weighted by Gasteiger charge is -2.00. The predicted octanol–water partition coefficient (Wildman–Crippen LogP) is 1.87. The van der Waals surface area contributed by atoms with Crippen molar-refractivity contribution in [2.24, 2.45) is 5.73 Å². The molecule has 0 aromatic rings. The Hall–Kier alpha value is -0.0800. The number of hydrogen-bond acceptors (Lipinski definition) is 2. The molecule has 0 amide bonds. The third kappa shape index (κ3) is 15.7. The highest BCUT2D eigenvalue weighted by Crippen LogP contribution is 1.98. The largest absolute Gasteiger partial charge is 0.379 e.